The number of ether oxygens (including phenoxy) is 1. The van der Waals surface area contributed by atoms with Gasteiger partial charge in [0.15, 0.2) is 0 Å². The van der Waals surface area contributed by atoms with Crippen LogP contribution in [0.5, 0.6) is 0 Å². The number of halogens is 1. The Hall–Kier alpha value is -5.43. The Morgan fingerprint density at radius 1 is 1.02 bits per heavy atom. The molecule has 0 bridgehead atoms. The minimum Gasteiger partial charge on any atom is -0.480 e. The summed E-state index contributed by atoms with van der Waals surface area (Å²) < 4.78 is 25.8. The van der Waals surface area contributed by atoms with E-state index < -0.39 is 29.5 Å². The number of carbonyl (C=O) groups is 3. The van der Waals surface area contributed by atoms with Gasteiger partial charge in [-0.2, -0.15) is 4.98 Å². The maximum absolute atomic E-state index is 15.2. The van der Waals surface area contributed by atoms with E-state index in [4.69, 9.17) is 9.26 Å². The second kappa shape index (κ2) is 13.7. The Balaban J connectivity index is 1.20. The number of hydrogen-bond acceptors (Lipinski definition) is 9. The van der Waals surface area contributed by atoms with Crippen molar-refractivity contribution in [1.82, 2.24) is 20.4 Å². The molecule has 236 valence electrons. The van der Waals surface area contributed by atoms with Gasteiger partial charge in [-0.05, 0) is 79.7 Å². The van der Waals surface area contributed by atoms with Crippen molar-refractivity contribution in [3.63, 3.8) is 0 Å². The summed E-state index contributed by atoms with van der Waals surface area (Å²) in [6, 6.07) is 16.2. The molecule has 1 unspecified atom stereocenters. The van der Waals surface area contributed by atoms with Crippen LogP contribution in [0.25, 0.3) is 33.3 Å². The molecule has 46 heavy (non-hydrogen) atoms. The highest BCUT2D eigenvalue weighted by Gasteiger charge is 2.23. The average Bonchev–Trinajstić information content (AvgIpc) is 3.70. The molecule has 0 spiro atoms. The van der Waals surface area contributed by atoms with E-state index in [1.165, 1.54) is 12.1 Å². The Morgan fingerprint density at radius 2 is 1.76 bits per heavy atom. The smallest absolute Gasteiger partial charge is 0.326 e. The number of esters is 1. The van der Waals surface area contributed by atoms with E-state index in [1.807, 2.05) is 17.5 Å². The first kappa shape index (κ1) is 32.0. The van der Waals surface area contributed by atoms with Gasteiger partial charge in [-0.1, -0.05) is 29.4 Å². The van der Waals surface area contributed by atoms with Crippen LogP contribution >= 0.6 is 11.3 Å². The third-order valence-electron chi connectivity index (χ3n) is 6.52. The topological polar surface area (TPSA) is 157 Å². The maximum atomic E-state index is 15.2. The monoisotopic (exact) mass is 643 g/mol. The molecule has 3 heterocycles. The molecule has 11 nitrogen and oxygen atoms in total. The average molecular weight is 644 g/mol. The van der Waals surface area contributed by atoms with Gasteiger partial charge in [-0.15, -0.1) is 11.3 Å². The zero-order chi connectivity index (χ0) is 32.8. The number of carboxylic acids is 1. The van der Waals surface area contributed by atoms with Gasteiger partial charge in [0.25, 0.3) is 5.89 Å². The number of pyridine rings is 1. The summed E-state index contributed by atoms with van der Waals surface area (Å²) in [6.45, 7) is 5.40. The molecule has 13 heteroatoms. The van der Waals surface area contributed by atoms with Crippen molar-refractivity contribution in [2.75, 3.05) is 5.32 Å². The predicted molar refractivity (Wildman–Crippen MR) is 170 cm³/mol. The van der Waals surface area contributed by atoms with Gasteiger partial charge in [0.1, 0.15) is 23.3 Å². The van der Waals surface area contributed by atoms with E-state index in [-0.39, 0.29) is 41.9 Å². The molecule has 3 aromatic heterocycles. The first-order valence-corrected chi connectivity index (χ1v) is 15.1. The van der Waals surface area contributed by atoms with Gasteiger partial charge in [-0.3, -0.25) is 10.1 Å². The number of urea groups is 1. The van der Waals surface area contributed by atoms with Gasteiger partial charge < -0.3 is 19.7 Å². The molecule has 2 aromatic carbocycles. The number of benzene rings is 2. The van der Waals surface area contributed by atoms with Gasteiger partial charge in [0.2, 0.25) is 5.82 Å². The number of carboxylic acid groups (broad SMARTS) is 1. The number of carbonyl (C=O) groups excluding carboxylic acids is 2. The normalized spacial score (nSPS) is 11.9. The van der Waals surface area contributed by atoms with E-state index >= 15 is 4.39 Å². The number of hydrogen-bond donors (Lipinski definition) is 3. The molecule has 3 N–H and O–H groups in total. The van der Waals surface area contributed by atoms with Crippen LogP contribution in [0.1, 0.15) is 31.9 Å². The lowest BCUT2D eigenvalue weighted by Crippen LogP contribution is -2.44. The summed E-state index contributed by atoms with van der Waals surface area (Å²) in [5.41, 5.74) is 2.01. The molecule has 5 aromatic rings. The largest absolute Gasteiger partial charge is 0.480 e. The third kappa shape index (κ3) is 8.39. The number of rotatable bonds is 10. The molecule has 0 aliphatic heterocycles. The first-order valence-electron chi connectivity index (χ1n) is 14.2. The number of nitrogens with zero attached hydrogens (tertiary/aromatic N) is 3. The van der Waals surface area contributed by atoms with Crippen molar-refractivity contribution in [2.45, 2.75) is 45.3 Å². The minimum atomic E-state index is -1.34. The molecule has 0 aliphatic rings. The zero-order valence-electron chi connectivity index (χ0n) is 25.1. The first-order chi connectivity index (χ1) is 21.9. The molecular formula is C33H30FN5O6S. The van der Waals surface area contributed by atoms with Crippen LogP contribution in [0.2, 0.25) is 0 Å². The molecular weight excluding hydrogens is 613 g/mol. The quantitative estimate of drug-likeness (QED) is 0.147. The van der Waals surface area contributed by atoms with Crippen LogP contribution in [0.15, 0.2) is 82.8 Å². The lowest BCUT2D eigenvalue weighted by Gasteiger charge is -2.19. The standard InChI is InChI=1S/C33H30FN5O6S/c1-33(2,3)44-28(40)17-19-6-9-21(10-7-19)30-38-29(39-45-30)23-12-8-20(15-24(23)34)16-25(31(41)42)36-32(43)37-27-13-11-22(18-35-27)26-5-4-14-46-26/h4-15,18,25H,16-17H2,1-3H3,(H,41,42)(H2,35,36,37,43). The van der Waals surface area contributed by atoms with Crippen molar-refractivity contribution in [3.8, 4) is 33.3 Å². The second-order valence-electron chi connectivity index (χ2n) is 11.3. The second-order valence-corrected chi connectivity index (χ2v) is 12.2. The number of aliphatic carboxylic acids is 1. The summed E-state index contributed by atoms with van der Waals surface area (Å²) in [4.78, 5) is 46.0. The minimum absolute atomic E-state index is 0.00164. The van der Waals surface area contributed by atoms with Crippen LogP contribution in [0, 0.1) is 5.82 Å². The molecule has 0 aliphatic carbocycles. The fourth-order valence-corrected chi connectivity index (χ4v) is 5.15. The highest BCUT2D eigenvalue weighted by Crippen LogP contribution is 2.27. The lowest BCUT2D eigenvalue weighted by atomic mass is 10.0. The van der Waals surface area contributed by atoms with Crippen LogP contribution in [0.3, 0.4) is 0 Å². The predicted octanol–water partition coefficient (Wildman–Crippen LogP) is 6.37. The van der Waals surface area contributed by atoms with Crippen molar-refractivity contribution in [2.24, 2.45) is 0 Å². The van der Waals surface area contributed by atoms with Crippen molar-refractivity contribution in [3.05, 3.63) is 95.3 Å². The summed E-state index contributed by atoms with van der Waals surface area (Å²) in [5, 5.41) is 20.4. The summed E-state index contributed by atoms with van der Waals surface area (Å²) in [6.07, 6.45) is 1.53. The number of anilines is 1. The summed E-state index contributed by atoms with van der Waals surface area (Å²) >= 11 is 1.56. The maximum Gasteiger partial charge on any atom is 0.326 e. The van der Waals surface area contributed by atoms with Crippen molar-refractivity contribution in [1.29, 1.82) is 0 Å². The van der Waals surface area contributed by atoms with E-state index in [9.17, 15) is 19.5 Å². The fourth-order valence-electron chi connectivity index (χ4n) is 4.43. The van der Waals surface area contributed by atoms with Gasteiger partial charge in [0.05, 0.1) is 12.0 Å². The Labute approximate surface area is 267 Å². The zero-order valence-corrected chi connectivity index (χ0v) is 25.9. The number of aromatic nitrogens is 3. The van der Waals surface area contributed by atoms with Crippen LogP contribution < -0.4 is 10.6 Å². The van der Waals surface area contributed by atoms with Crippen molar-refractivity contribution < 1.29 is 33.1 Å². The number of amides is 2. The van der Waals surface area contributed by atoms with E-state index in [0.717, 1.165) is 22.1 Å². The number of thiophene rings is 1. The number of nitrogens with one attached hydrogen (secondary N) is 2. The summed E-state index contributed by atoms with van der Waals surface area (Å²) in [7, 11) is 0. The third-order valence-corrected chi connectivity index (χ3v) is 7.44. The molecule has 5 rings (SSSR count). The fraction of sp³-hybridized carbons (Fsp3) is 0.212. The summed E-state index contributed by atoms with van der Waals surface area (Å²) in [5.74, 6) is -1.93. The molecule has 0 saturated carbocycles. The van der Waals surface area contributed by atoms with Crippen molar-refractivity contribution >= 4 is 35.1 Å². The van der Waals surface area contributed by atoms with E-state index in [0.29, 0.717) is 11.1 Å². The molecule has 2 amide bonds. The lowest BCUT2D eigenvalue weighted by molar-refractivity contribution is -0.154. The molecule has 0 radical (unpaired) electrons. The highest BCUT2D eigenvalue weighted by atomic mass is 32.1. The Morgan fingerprint density at radius 3 is 2.39 bits per heavy atom. The molecule has 0 saturated heterocycles. The Kier molecular flexibility index (Phi) is 9.52. The van der Waals surface area contributed by atoms with E-state index in [1.54, 1.807) is 74.7 Å². The van der Waals surface area contributed by atoms with Gasteiger partial charge in [0, 0.05) is 28.6 Å². The van der Waals surface area contributed by atoms with Crippen LogP contribution in [-0.4, -0.2) is 49.8 Å². The molecule has 0 fully saturated rings. The Bertz CT molecular complexity index is 1830. The molecule has 1 atom stereocenters. The van der Waals surface area contributed by atoms with Crippen LogP contribution in [0.4, 0.5) is 15.0 Å². The van der Waals surface area contributed by atoms with E-state index in [2.05, 4.69) is 25.8 Å². The van der Waals surface area contributed by atoms with Gasteiger partial charge in [-0.25, -0.2) is 19.0 Å². The SMILES string of the molecule is CC(C)(C)OC(=O)Cc1ccc(-c2nc(-c3ccc(CC(NC(=O)Nc4ccc(-c5cccs5)cn4)C(=O)O)cc3F)no2)cc1. The van der Waals surface area contributed by atoms with Crippen LogP contribution in [-0.2, 0) is 27.2 Å². The van der Waals surface area contributed by atoms with Gasteiger partial charge >= 0.3 is 18.0 Å². The highest BCUT2D eigenvalue weighted by molar-refractivity contribution is 7.13.